The topological polar surface area (TPSA) is 64.7 Å². The van der Waals surface area contributed by atoms with Gasteiger partial charge in [-0.05, 0) is 24.6 Å². The van der Waals surface area contributed by atoms with E-state index in [9.17, 15) is 27.2 Å². The van der Waals surface area contributed by atoms with Crippen LogP contribution in [0.5, 0.6) is 0 Å². The van der Waals surface area contributed by atoms with Gasteiger partial charge in [0.15, 0.2) is 0 Å². The summed E-state index contributed by atoms with van der Waals surface area (Å²) < 4.78 is 56.4. The highest BCUT2D eigenvalue weighted by Crippen LogP contribution is 2.28. The number of anilines is 2. The molecule has 2 aliphatic heterocycles. The molecule has 2 fully saturated rings. The van der Waals surface area contributed by atoms with E-state index in [1.54, 1.807) is 0 Å². The standard InChI is InChI=1S/C20H18F4N4O2/c21-13-2-1-3-14(22)18(13)27-6-4-11(10-27)26-19(29)12-8-17(16(24)9-15(12)23)28-7-5-25-20(28)30/h1-3,8-9,11H,4-7,10H2,(H,25,30)(H,26,29)/t11-/m1/s1. The van der Waals surface area contributed by atoms with Gasteiger partial charge in [-0.15, -0.1) is 0 Å². The lowest BCUT2D eigenvalue weighted by atomic mass is 10.1. The predicted molar refractivity (Wildman–Crippen MR) is 102 cm³/mol. The summed E-state index contributed by atoms with van der Waals surface area (Å²) in [4.78, 5) is 26.9. The van der Waals surface area contributed by atoms with Gasteiger partial charge in [0, 0.05) is 38.3 Å². The second-order valence-electron chi connectivity index (χ2n) is 7.14. The molecule has 2 aromatic carbocycles. The largest absolute Gasteiger partial charge is 0.365 e. The van der Waals surface area contributed by atoms with Crippen molar-refractivity contribution >= 4 is 23.3 Å². The Bertz CT molecular complexity index is 996. The molecule has 3 amide bonds. The molecule has 0 bridgehead atoms. The molecule has 10 heteroatoms. The molecule has 0 aliphatic carbocycles. The van der Waals surface area contributed by atoms with Crippen molar-refractivity contribution in [1.82, 2.24) is 10.6 Å². The molecule has 0 saturated carbocycles. The third-order valence-electron chi connectivity index (χ3n) is 5.21. The summed E-state index contributed by atoms with van der Waals surface area (Å²) in [5.74, 6) is -4.24. The summed E-state index contributed by atoms with van der Waals surface area (Å²) in [5.41, 5.74) is -0.788. The Morgan fingerprint density at radius 1 is 1.03 bits per heavy atom. The second kappa shape index (κ2) is 7.85. The van der Waals surface area contributed by atoms with Gasteiger partial charge in [-0.2, -0.15) is 0 Å². The molecule has 2 aromatic rings. The average molecular weight is 422 g/mol. The van der Waals surface area contributed by atoms with Gasteiger partial charge in [0.2, 0.25) is 0 Å². The van der Waals surface area contributed by atoms with Crippen LogP contribution in [0, 0.1) is 23.3 Å². The van der Waals surface area contributed by atoms with E-state index in [0.29, 0.717) is 25.6 Å². The number of para-hydroxylation sites is 1. The Morgan fingerprint density at radius 3 is 2.43 bits per heavy atom. The van der Waals surface area contributed by atoms with E-state index >= 15 is 0 Å². The van der Waals surface area contributed by atoms with E-state index in [4.69, 9.17) is 0 Å². The highest BCUT2D eigenvalue weighted by molar-refractivity contribution is 5.99. The number of hydrogen-bond donors (Lipinski definition) is 2. The zero-order valence-corrected chi connectivity index (χ0v) is 15.7. The maximum atomic E-state index is 14.3. The van der Waals surface area contributed by atoms with Crippen molar-refractivity contribution in [3.8, 4) is 0 Å². The monoisotopic (exact) mass is 422 g/mol. The van der Waals surface area contributed by atoms with Crippen LogP contribution in [-0.4, -0.2) is 44.2 Å². The minimum absolute atomic E-state index is 0.133. The summed E-state index contributed by atoms with van der Waals surface area (Å²) in [7, 11) is 0. The van der Waals surface area contributed by atoms with E-state index in [1.165, 1.54) is 11.0 Å². The van der Waals surface area contributed by atoms with Crippen LogP contribution in [0.1, 0.15) is 16.8 Å². The Hall–Kier alpha value is -3.30. The van der Waals surface area contributed by atoms with Crippen LogP contribution in [0.3, 0.4) is 0 Å². The molecule has 6 nitrogen and oxygen atoms in total. The summed E-state index contributed by atoms with van der Waals surface area (Å²) in [6.07, 6.45) is 0.393. The SMILES string of the molecule is O=C(N[C@@H]1CCN(c2c(F)cccc2F)C1)c1cc(N2CCNC2=O)c(F)cc1F. The van der Waals surface area contributed by atoms with Gasteiger partial charge < -0.3 is 15.5 Å². The minimum atomic E-state index is -1.07. The number of urea groups is 1. The molecule has 2 heterocycles. The minimum Gasteiger partial charge on any atom is -0.365 e. The van der Waals surface area contributed by atoms with Crippen molar-refractivity contribution in [1.29, 1.82) is 0 Å². The molecule has 2 N–H and O–H groups in total. The number of nitrogens with zero attached hydrogens (tertiary/aromatic N) is 2. The first-order valence-electron chi connectivity index (χ1n) is 9.39. The van der Waals surface area contributed by atoms with E-state index in [0.717, 1.165) is 23.1 Å². The van der Waals surface area contributed by atoms with Crippen LogP contribution in [0.4, 0.5) is 33.7 Å². The van der Waals surface area contributed by atoms with Gasteiger partial charge in [0.05, 0.1) is 11.3 Å². The predicted octanol–water partition coefficient (Wildman–Crippen LogP) is 2.78. The van der Waals surface area contributed by atoms with Crippen molar-refractivity contribution in [3.63, 3.8) is 0 Å². The lowest BCUT2D eigenvalue weighted by Gasteiger charge is -2.20. The Balaban J connectivity index is 1.50. The molecule has 0 radical (unpaired) electrons. The number of rotatable bonds is 4. The summed E-state index contributed by atoms with van der Waals surface area (Å²) in [6.45, 7) is 0.928. The van der Waals surface area contributed by atoms with Crippen molar-refractivity contribution in [2.24, 2.45) is 0 Å². The Labute approximate surface area is 169 Å². The third kappa shape index (κ3) is 3.64. The summed E-state index contributed by atoms with van der Waals surface area (Å²) in [6, 6.07) is 4.09. The fourth-order valence-electron chi connectivity index (χ4n) is 3.76. The van der Waals surface area contributed by atoms with Gasteiger partial charge in [-0.25, -0.2) is 22.4 Å². The Morgan fingerprint density at radius 2 is 1.77 bits per heavy atom. The first kappa shape index (κ1) is 20.0. The summed E-state index contributed by atoms with van der Waals surface area (Å²) in [5, 5.41) is 5.12. The highest BCUT2D eigenvalue weighted by Gasteiger charge is 2.30. The first-order chi connectivity index (χ1) is 14.3. The van der Waals surface area contributed by atoms with Crippen LogP contribution in [0.2, 0.25) is 0 Å². The maximum Gasteiger partial charge on any atom is 0.322 e. The van der Waals surface area contributed by atoms with E-state index in [1.807, 2.05) is 0 Å². The number of halogens is 4. The number of carbonyl (C=O) groups excluding carboxylic acids is 2. The molecular weight excluding hydrogens is 404 g/mol. The van der Waals surface area contributed by atoms with Crippen molar-refractivity contribution < 1.29 is 27.2 Å². The molecule has 4 rings (SSSR count). The zero-order chi connectivity index (χ0) is 21.4. The van der Waals surface area contributed by atoms with Crippen molar-refractivity contribution in [3.05, 3.63) is 59.2 Å². The van der Waals surface area contributed by atoms with Crippen molar-refractivity contribution in [2.45, 2.75) is 12.5 Å². The lowest BCUT2D eigenvalue weighted by Crippen LogP contribution is -2.38. The molecular formula is C20H18F4N4O2. The van der Waals surface area contributed by atoms with Crippen LogP contribution in [0.15, 0.2) is 30.3 Å². The number of nitrogens with one attached hydrogen (secondary N) is 2. The van der Waals surface area contributed by atoms with Crippen LogP contribution in [0.25, 0.3) is 0 Å². The molecule has 0 spiro atoms. The van der Waals surface area contributed by atoms with Gasteiger partial charge in [0.25, 0.3) is 5.91 Å². The van der Waals surface area contributed by atoms with Gasteiger partial charge in [-0.1, -0.05) is 6.07 Å². The molecule has 0 unspecified atom stereocenters. The second-order valence-corrected chi connectivity index (χ2v) is 7.14. The van der Waals surface area contributed by atoms with E-state index in [2.05, 4.69) is 10.6 Å². The van der Waals surface area contributed by atoms with Gasteiger partial charge >= 0.3 is 6.03 Å². The summed E-state index contributed by atoms with van der Waals surface area (Å²) >= 11 is 0. The fraction of sp³-hybridized carbons (Fsp3) is 0.300. The first-order valence-corrected chi connectivity index (χ1v) is 9.39. The molecule has 2 aliphatic rings. The lowest BCUT2D eigenvalue weighted by molar-refractivity contribution is 0.0936. The molecule has 30 heavy (non-hydrogen) atoms. The highest BCUT2D eigenvalue weighted by atomic mass is 19.1. The number of benzene rings is 2. The van der Waals surface area contributed by atoms with E-state index in [-0.39, 0.29) is 24.5 Å². The molecule has 158 valence electrons. The zero-order valence-electron chi connectivity index (χ0n) is 15.7. The smallest absolute Gasteiger partial charge is 0.322 e. The van der Waals surface area contributed by atoms with Crippen molar-refractivity contribution in [2.75, 3.05) is 36.0 Å². The van der Waals surface area contributed by atoms with Gasteiger partial charge in [0.1, 0.15) is 29.0 Å². The number of carbonyl (C=O) groups is 2. The molecule has 2 saturated heterocycles. The molecule has 1 atom stereocenters. The molecule has 0 aromatic heterocycles. The number of amides is 3. The van der Waals surface area contributed by atoms with Gasteiger partial charge in [-0.3, -0.25) is 9.69 Å². The average Bonchev–Trinajstić information content (AvgIpc) is 3.31. The van der Waals surface area contributed by atoms with Crippen LogP contribution < -0.4 is 20.4 Å². The quantitative estimate of drug-likeness (QED) is 0.745. The maximum absolute atomic E-state index is 14.3. The third-order valence-corrected chi connectivity index (χ3v) is 5.21. The fourth-order valence-corrected chi connectivity index (χ4v) is 3.76. The van der Waals surface area contributed by atoms with Crippen LogP contribution in [-0.2, 0) is 0 Å². The normalized spacial score (nSPS) is 18.7. The van der Waals surface area contributed by atoms with Crippen LogP contribution >= 0.6 is 0 Å². The Kier molecular flexibility index (Phi) is 5.23. The van der Waals surface area contributed by atoms with E-state index < -0.39 is 46.8 Å². The number of hydrogen-bond acceptors (Lipinski definition) is 3.